The molecule has 0 aliphatic heterocycles. The molecule has 0 bridgehead atoms. The zero-order chi connectivity index (χ0) is 14.8. The van der Waals surface area contributed by atoms with Crippen molar-refractivity contribution in [2.75, 3.05) is 0 Å². The van der Waals surface area contributed by atoms with Crippen LogP contribution >= 0.6 is 0 Å². The largest absolute Gasteiger partial charge is 0.295 e. The van der Waals surface area contributed by atoms with Crippen LogP contribution in [0.4, 0.5) is 0 Å². The third-order valence-electron chi connectivity index (χ3n) is 7.57. The molecule has 0 unspecified atom stereocenters. The minimum absolute atomic E-state index is 0.0160. The Morgan fingerprint density at radius 1 is 1.05 bits per heavy atom. The van der Waals surface area contributed by atoms with Crippen LogP contribution in [0.5, 0.6) is 0 Å². The molecule has 114 valence electrons. The maximum absolute atomic E-state index is 12.7. The lowest BCUT2D eigenvalue weighted by atomic mass is 9.47. The molecule has 5 atom stereocenters. The van der Waals surface area contributed by atoms with E-state index in [9.17, 15) is 9.59 Å². The predicted octanol–water partition coefficient (Wildman–Crippen LogP) is 4.09. The smallest absolute Gasteiger partial charge is 0.159 e. The average Bonchev–Trinajstić information content (AvgIpc) is 2.83. The van der Waals surface area contributed by atoms with Crippen LogP contribution < -0.4 is 0 Å². The molecule has 3 fully saturated rings. The summed E-state index contributed by atoms with van der Waals surface area (Å²) in [5.74, 6) is 2.40. The number of rotatable bonds is 0. The highest BCUT2D eigenvalue weighted by Crippen LogP contribution is 2.64. The van der Waals surface area contributed by atoms with Crippen LogP contribution in [0, 0.1) is 28.6 Å². The molecule has 0 amide bonds. The maximum atomic E-state index is 12.7. The van der Waals surface area contributed by atoms with Crippen molar-refractivity contribution in [2.24, 2.45) is 28.6 Å². The summed E-state index contributed by atoms with van der Waals surface area (Å²) in [7, 11) is 0. The number of hydrogen-bond donors (Lipinski definition) is 0. The molecule has 0 aromatic carbocycles. The van der Waals surface area contributed by atoms with Crippen molar-refractivity contribution < 1.29 is 9.59 Å². The number of allylic oxidation sites excluding steroid dienone is 1. The van der Waals surface area contributed by atoms with Crippen molar-refractivity contribution in [1.29, 1.82) is 0 Å². The fraction of sp³-hybridized carbons (Fsp3) is 0.789. The molecule has 0 radical (unpaired) electrons. The summed E-state index contributed by atoms with van der Waals surface area (Å²) in [4.78, 5) is 24.5. The molecular weight excluding hydrogens is 260 g/mol. The SMILES string of the molecule is C[C@@]12CCC[C@H]1[C@@H]1CC(=O)C3=CC(=O)CC[C@]3(C)[C@@H]1CC2. The van der Waals surface area contributed by atoms with Crippen molar-refractivity contribution in [2.45, 2.75) is 65.2 Å². The Bertz CT molecular complexity index is 546. The summed E-state index contributed by atoms with van der Waals surface area (Å²) in [6.45, 7) is 4.74. The monoisotopic (exact) mass is 286 g/mol. The third kappa shape index (κ3) is 1.77. The summed E-state index contributed by atoms with van der Waals surface area (Å²) in [5.41, 5.74) is 1.35. The fourth-order valence-corrected chi connectivity index (χ4v) is 6.38. The van der Waals surface area contributed by atoms with Gasteiger partial charge in [0.05, 0.1) is 0 Å². The summed E-state index contributed by atoms with van der Waals surface area (Å²) >= 11 is 0. The molecule has 0 heterocycles. The Labute approximate surface area is 127 Å². The Hall–Kier alpha value is -0.920. The first kappa shape index (κ1) is 13.7. The van der Waals surface area contributed by atoms with Gasteiger partial charge in [0, 0.05) is 18.4 Å². The van der Waals surface area contributed by atoms with Crippen molar-refractivity contribution in [3.05, 3.63) is 11.6 Å². The topological polar surface area (TPSA) is 34.1 Å². The molecule has 3 saturated carbocycles. The van der Waals surface area contributed by atoms with Gasteiger partial charge in [-0.15, -0.1) is 0 Å². The van der Waals surface area contributed by atoms with E-state index in [1.165, 1.54) is 32.1 Å². The zero-order valence-electron chi connectivity index (χ0n) is 13.3. The van der Waals surface area contributed by atoms with E-state index >= 15 is 0 Å². The van der Waals surface area contributed by atoms with E-state index in [2.05, 4.69) is 13.8 Å². The molecule has 0 aromatic heterocycles. The molecule has 0 N–H and O–H groups in total. The molecule has 2 nitrogen and oxygen atoms in total. The molecule has 2 heteroatoms. The Kier molecular flexibility index (Phi) is 2.81. The van der Waals surface area contributed by atoms with Crippen molar-refractivity contribution >= 4 is 11.6 Å². The van der Waals surface area contributed by atoms with E-state index in [1.54, 1.807) is 6.08 Å². The maximum Gasteiger partial charge on any atom is 0.159 e. The van der Waals surface area contributed by atoms with Gasteiger partial charge in [0.2, 0.25) is 0 Å². The van der Waals surface area contributed by atoms with Gasteiger partial charge in [0.1, 0.15) is 0 Å². The van der Waals surface area contributed by atoms with Gasteiger partial charge in [-0.1, -0.05) is 20.3 Å². The first-order chi connectivity index (χ1) is 9.94. The van der Waals surface area contributed by atoms with Crippen LogP contribution in [0.3, 0.4) is 0 Å². The number of Topliss-reactive ketones (excluding diaryl/α,β-unsaturated/α-hetero) is 1. The second-order valence-electron chi connectivity index (χ2n) is 8.53. The molecule has 0 aromatic rings. The summed E-state index contributed by atoms with van der Waals surface area (Å²) in [5, 5.41) is 0. The molecule has 0 spiro atoms. The minimum Gasteiger partial charge on any atom is -0.295 e. The first-order valence-corrected chi connectivity index (χ1v) is 8.72. The predicted molar refractivity (Wildman–Crippen MR) is 81.7 cm³/mol. The number of ketones is 2. The van der Waals surface area contributed by atoms with Crippen molar-refractivity contribution in [1.82, 2.24) is 0 Å². The Balaban J connectivity index is 1.75. The zero-order valence-corrected chi connectivity index (χ0v) is 13.3. The van der Waals surface area contributed by atoms with Gasteiger partial charge in [-0.05, 0) is 66.8 Å². The molecule has 4 rings (SSSR count). The number of fused-ring (bicyclic) bond motifs is 5. The van der Waals surface area contributed by atoms with Gasteiger partial charge in [0.25, 0.3) is 0 Å². The van der Waals surface area contributed by atoms with Gasteiger partial charge in [-0.2, -0.15) is 0 Å². The van der Waals surface area contributed by atoms with Gasteiger partial charge in [0.15, 0.2) is 11.6 Å². The second kappa shape index (κ2) is 4.30. The summed E-state index contributed by atoms with van der Waals surface area (Å²) in [6.07, 6.45) is 10.5. The van der Waals surface area contributed by atoms with E-state index in [4.69, 9.17) is 0 Å². The highest BCUT2D eigenvalue weighted by atomic mass is 16.1. The Morgan fingerprint density at radius 3 is 2.67 bits per heavy atom. The van der Waals surface area contributed by atoms with Crippen LogP contribution in [0.25, 0.3) is 0 Å². The third-order valence-corrected chi connectivity index (χ3v) is 7.57. The minimum atomic E-state index is -0.0160. The number of hydrogen-bond acceptors (Lipinski definition) is 2. The number of carbonyl (C=O) groups excluding carboxylic acids is 2. The lowest BCUT2D eigenvalue weighted by Gasteiger charge is -2.56. The summed E-state index contributed by atoms with van der Waals surface area (Å²) < 4.78 is 0. The van der Waals surface area contributed by atoms with E-state index < -0.39 is 0 Å². The molecule has 4 aliphatic carbocycles. The molecular formula is C19H26O2. The normalized spacial score (nSPS) is 49.2. The highest BCUT2D eigenvalue weighted by Gasteiger charge is 2.58. The van der Waals surface area contributed by atoms with Crippen LogP contribution in [0.15, 0.2) is 11.6 Å². The second-order valence-corrected chi connectivity index (χ2v) is 8.53. The first-order valence-electron chi connectivity index (χ1n) is 8.72. The van der Waals surface area contributed by atoms with E-state index in [1.807, 2.05) is 0 Å². The van der Waals surface area contributed by atoms with Gasteiger partial charge in [-0.25, -0.2) is 0 Å². The van der Waals surface area contributed by atoms with E-state index in [-0.39, 0.29) is 17.0 Å². The lowest BCUT2D eigenvalue weighted by molar-refractivity contribution is -0.130. The highest BCUT2D eigenvalue weighted by molar-refractivity contribution is 6.05. The Morgan fingerprint density at radius 2 is 1.86 bits per heavy atom. The fourth-order valence-electron chi connectivity index (χ4n) is 6.38. The van der Waals surface area contributed by atoms with E-state index in [0.29, 0.717) is 30.1 Å². The average molecular weight is 286 g/mol. The van der Waals surface area contributed by atoms with Crippen LogP contribution in [0.2, 0.25) is 0 Å². The van der Waals surface area contributed by atoms with Crippen molar-refractivity contribution in [3.8, 4) is 0 Å². The van der Waals surface area contributed by atoms with Gasteiger partial charge in [-0.3, -0.25) is 9.59 Å². The van der Waals surface area contributed by atoms with Crippen LogP contribution in [-0.4, -0.2) is 11.6 Å². The standard InChI is InChI=1S/C19H26O2/c1-18-7-3-4-14(18)13-11-17(21)16-10-12(20)5-9-19(16,2)15(13)6-8-18/h10,13-15H,3-9,11H2,1-2H3/t13-,14-,15+,18-,19+/m0/s1. The van der Waals surface area contributed by atoms with Gasteiger partial charge >= 0.3 is 0 Å². The number of carbonyl (C=O) groups is 2. The van der Waals surface area contributed by atoms with Crippen LogP contribution in [-0.2, 0) is 9.59 Å². The molecule has 0 saturated heterocycles. The molecule has 4 aliphatic rings. The lowest BCUT2D eigenvalue weighted by Crippen LogP contribution is -2.51. The van der Waals surface area contributed by atoms with Crippen molar-refractivity contribution in [3.63, 3.8) is 0 Å². The summed E-state index contributed by atoms with van der Waals surface area (Å²) in [6, 6.07) is 0. The van der Waals surface area contributed by atoms with Crippen LogP contribution in [0.1, 0.15) is 65.2 Å². The molecule has 21 heavy (non-hydrogen) atoms. The van der Waals surface area contributed by atoms with E-state index in [0.717, 1.165) is 17.9 Å². The quantitative estimate of drug-likeness (QED) is 0.672. The van der Waals surface area contributed by atoms with Gasteiger partial charge < -0.3 is 0 Å².